The Kier molecular flexibility index (Phi) is 5.21. The largest absolute Gasteiger partial charge is 0.383 e. The number of aromatic nitrogens is 3. The van der Waals surface area contributed by atoms with Crippen LogP contribution >= 0.6 is 0 Å². The number of rotatable bonds is 4. The molecule has 6 rings (SSSR count). The molecule has 9 nitrogen and oxygen atoms in total. The molecule has 9 heteroatoms. The van der Waals surface area contributed by atoms with Gasteiger partial charge in [0.15, 0.2) is 0 Å². The highest BCUT2D eigenvalue weighted by Gasteiger charge is 2.43. The fraction of sp³-hybridized carbons (Fsp3) is 0.440. The van der Waals surface area contributed by atoms with Crippen molar-refractivity contribution in [3.63, 3.8) is 0 Å². The van der Waals surface area contributed by atoms with E-state index < -0.39 is 0 Å². The fourth-order valence-corrected chi connectivity index (χ4v) is 5.64. The van der Waals surface area contributed by atoms with Crippen LogP contribution < -0.4 is 21.1 Å². The summed E-state index contributed by atoms with van der Waals surface area (Å²) >= 11 is 0. The minimum absolute atomic E-state index is 0.00244. The van der Waals surface area contributed by atoms with Crippen molar-refractivity contribution in [3.8, 4) is 0 Å². The Bertz CT molecular complexity index is 1300. The first-order valence-corrected chi connectivity index (χ1v) is 12.1. The molecule has 0 radical (unpaired) electrons. The van der Waals surface area contributed by atoms with Crippen LogP contribution in [0.1, 0.15) is 40.9 Å². The third-order valence-corrected chi connectivity index (χ3v) is 7.54. The van der Waals surface area contributed by atoms with E-state index in [1.165, 1.54) is 6.42 Å². The summed E-state index contributed by atoms with van der Waals surface area (Å²) < 4.78 is 0. The zero-order valence-electron chi connectivity index (χ0n) is 19.3. The van der Waals surface area contributed by atoms with Gasteiger partial charge in [-0.05, 0) is 49.4 Å². The topological polar surface area (TPSA) is 106 Å². The normalized spacial score (nSPS) is 21.9. The molecule has 3 N–H and O–H groups in total. The molecule has 1 aliphatic carbocycles. The number of H-pyrrole nitrogens is 1. The SMILES string of the molecule is CNC(=O)c1ccc(N2CCN(Cc3cnc4c5c(c(=O)[nH]c4c3)CCCN5)[C@H]3CC[C@H]32)cn1. The predicted octanol–water partition coefficient (Wildman–Crippen LogP) is 1.89. The second-order valence-electron chi connectivity index (χ2n) is 9.43. The van der Waals surface area contributed by atoms with Gasteiger partial charge in [0.2, 0.25) is 0 Å². The first-order chi connectivity index (χ1) is 16.6. The third kappa shape index (κ3) is 3.51. The van der Waals surface area contributed by atoms with E-state index >= 15 is 0 Å². The van der Waals surface area contributed by atoms with Crippen LogP contribution in [0.2, 0.25) is 0 Å². The minimum Gasteiger partial charge on any atom is -0.383 e. The maximum Gasteiger partial charge on any atom is 0.269 e. The zero-order valence-corrected chi connectivity index (χ0v) is 19.3. The lowest BCUT2D eigenvalue weighted by Crippen LogP contribution is -2.64. The Labute approximate surface area is 197 Å². The van der Waals surface area contributed by atoms with E-state index in [9.17, 15) is 9.59 Å². The summed E-state index contributed by atoms with van der Waals surface area (Å²) in [5.41, 5.74) is 6.02. The van der Waals surface area contributed by atoms with Crippen LogP contribution in [0.5, 0.6) is 0 Å². The van der Waals surface area contributed by atoms with Gasteiger partial charge in [-0.25, -0.2) is 4.98 Å². The van der Waals surface area contributed by atoms with E-state index in [4.69, 9.17) is 4.98 Å². The van der Waals surface area contributed by atoms with Crippen LogP contribution in [0.25, 0.3) is 11.0 Å². The molecule has 2 atom stereocenters. The summed E-state index contributed by atoms with van der Waals surface area (Å²) in [6.45, 7) is 3.56. The number of nitrogens with zero attached hydrogens (tertiary/aromatic N) is 4. The molecule has 1 saturated carbocycles. The summed E-state index contributed by atoms with van der Waals surface area (Å²) in [7, 11) is 1.61. The van der Waals surface area contributed by atoms with Crippen LogP contribution in [0, 0.1) is 0 Å². The Balaban J connectivity index is 1.19. The lowest BCUT2D eigenvalue weighted by atomic mass is 9.81. The maximum atomic E-state index is 12.6. The summed E-state index contributed by atoms with van der Waals surface area (Å²) in [6.07, 6.45) is 7.86. The number of aromatic amines is 1. The first-order valence-electron chi connectivity index (χ1n) is 12.1. The number of carbonyl (C=O) groups excluding carboxylic acids is 1. The monoisotopic (exact) mass is 459 g/mol. The molecular formula is C25H29N7O2. The van der Waals surface area contributed by atoms with Crippen molar-refractivity contribution in [1.29, 1.82) is 0 Å². The maximum absolute atomic E-state index is 12.6. The standard InChI is InChI=1S/C25H29N7O2/c1-26-25(34)18-5-4-16(13-28-18)32-10-9-31(20-6-7-21(20)32)14-15-11-19-23(29-12-15)22-17(24(33)30-19)3-2-8-27-22/h4-5,11-13,20-21,27H,2-3,6-10,14H2,1H3,(H,26,34)(H,30,33)/t20-,21+/m0/s1. The second kappa shape index (κ2) is 8.39. The molecule has 2 fully saturated rings. The van der Waals surface area contributed by atoms with E-state index in [2.05, 4.69) is 36.5 Å². The molecule has 3 aliphatic rings. The molecule has 5 heterocycles. The van der Waals surface area contributed by atoms with Crippen LogP contribution in [0.15, 0.2) is 35.4 Å². The molecule has 3 aromatic rings. The molecule has 3 aromatic heterocycles. The van der Waals surface area contributed by atoms with Gasteiger partial charge in [0.25, 0.3) is 11.5 Å². The number of hydrogen-bond donors (Lipinski definition) is 3. The first kappa shape index (κ1) is 21.1. The van der Waals surface area contributed by atoms with Crippen LogP contribution in [0.4, 0.5) is 11.4 Å². The molecule has 2 aliphatic heterocycles. The smallest absolute Gasteiger partial charge is 0.269 e. The number of hydrogen-bond acceptors (Lipinski definition) is 7. The molecule has 0 spiro atoms. The van der Waals surface area contributed by atoms with Gasteiger partial charge in [-0.1, -0.05) is 0 Å². The molecule has 176 valence electrons. The number of nitrogens with one attached hydrogen (secondary N) is 3. The molecule has 0 aromatic carbocycles. The molecule has 1 amide bonds. The lowest BCUT2D eigenvalue weighted by Gasteiger charge is -2.54. The number of piperazine rings is 1. The molecule has 0 bridgehead atoms. The van der Waals surface area contributed by atoms with E-state index in [1.54, 1.807) is 13.1 Å². The molecular weight excluding hydrogens is 430 g/mol. The number of amides is 1. The Morgan fingerprint density at radius 2 is 2.06 bits per heavy atom. The molecule has 34 heavy (non-hydrogen) atoms. The van der Waals surface area contributed by atoms with Crippen molar-refractivity contribution >= 4 is 28.3 Å². The summed E-state index contributed by atoms with van der Waals surface area (Å²) in [6, 6.07) is 6.81. The van der Waals surface area contributed by atoms with Gasteiger partial charge < -0.3 is 20.5 Å². The Morgan fingerprint density at radius 3 is 2.82 bits per heavy atom. The highest BCUT2D eigenvalue weighted by Crippen LogP contribution is 2.37. The van der Waals surface area contributed by atoms with E-state index in [1.807, 2.05) is 18.5 Å². The quantitative estimate of drug-likeness (QED) is 0.547. The number of fused-ring (bicyclic) bond motifs is 4. The summed E-state index contributed by atoms with van der Waals surface area (Å²) in [5.74, 6) is -0.167. The second-order valence-corrected chi connectivity index (χ2v) is 9.43. The van der Waals surface area contributed by atoms with Crippen LogP contribution in [-0.4, -0.2) is 64.5 Å². The highest BCUT2D eigenvalue weighted by molar-refractivity contribution is 5.92. The van der Waals surface area contributed by atoms with Crippen molar-refractivity contribution in [2.45, 2.75) is 44.3 Å². The van der Waals surface area contributed by atoms with E-state index in [0.717, 1.165) is 79.0 Å². The summed E-state index contributed by atoms with van der Waals surface area (Å²) in [5, 5.41) is 5.99. The third-order valence-electron chi connectivity index (χ3n) is 7.54. The molecule has 0 unspecified atom stereocenters. The van der Waals surface area contributed by atoms with E-state index in [0.29, 0.717) is 17.8 Å². The number of pyridine rings is 3. The van der Waals surface area contributed by atoms with Crippen molar-refractivity contribution < 1.29 is 4.79 Å². The van der Waals surface area contributed by atoms with Gasteiger partial charge in [-0.2, -0.15) is 0 Å². The van der Waals surface area contributed by atoms with Gasteiger partial charge >= 0.3 is 0 Å². The Morgan fingerprint density at radius 1 is 1.18 bits per heavy atom. The average Bonchev–Trinajstić information content (AvgIpc) is 2.84. The highest BCUT2D eigenvalue weighted by atomic mass is 16.1. The van der Waals surface area contributed by atoms with Gasteiger partial charge in [-0.15, -0.1) is 0 Å². The summed E-state index contributed by atoms with van der Waals surface area (Å²) in [4.78, 5) is 41.5. The average molecular weight is 460 g/mol. The van der Waals surface area contributed by atoms with Gasteiger partial charge in [-0.3, -0.25) is 19.5 Å². The lowest BCUT2D eigenvalue weighted by molar-refractivity contribution is 0.0658. The van der Waals surface area contributed by atoms with E-state index in [-0.39, 0.29) is 11.5 Å². The zero-order chi connectivity index (χ0) is 23.2. The Hall–Kier alpha value is -3.46. The van der Waals surface area contributed by atoms with Gasteiger partial charge in [0.1, 0.15) is 11.2 Å². The predicted molar refractivity (Wildman–Crippen MR) is 131 cm³/mol. The van der Waals surface area contributed by atoms with Crippen molar-refractivity contribution in [2.24, 2.45) is 0 Å². The van der Waals surface area contributed by atoms with Crippen molar-refractivity contribution in [3.05, 3.63) is 57.8 Å². The van der Waals surface area contributed by atoms with Gasteiger partial charge in [0.05, 0.1) is 23.1 Å². The van der Waals surface area contributed by atoms with Crippen molar-refractivity contribution in [1.82, 2.24) is 25.2 Å². The number of carbonyl (C=O) groups is 1. The molecule has 1 saturated heterocycles. The minimum atomic E-state index is -0.167. The van der Waals surface area contributed by atoms with Gasteiger partial charge in [0, 0.05) is 57.1 Å². The van der Waals surface area contributed by atoms with Crippen LogP contribution in [-0.2, 0) is 13.0 Å². The number of anilines is 2. The van der Waals surface area contributed by atoms with Crippen LogP contribution in [0.3, 0.4) is 0 Å². The fourth-order valence-electron chi connectivity index (χ4n) is 5.64. The van der Waals surface area contributed by atoms with Crippen molar-refractivity contribution in [2.75, 3.05) is 36.9 Å².